The zero-order valence-electron chi connectivity index (χ0n) is 20.6. The highest BCUT2D eigenvalue weighted by Crippen LogP contribution is 2.29. The Hall–Kier alpha value is -4.65. The maximum absolute atomic E-state index is 12.7. The molecule has 2 aromatic heterocycles. The summed E-state index contributed by atoms with van der Waals surface area (Å²) < 4.78 is 13.5. The van der Waals surface area contributed by atoms with Crippen molar-refractivity contribution in [3.63, 3.8) is 0 Å². The van der Waals surface area contributed by atoms with Gasteiger partial charge in [-0.05, 0) is 59.7 Å². The van der Waals surface area contributed by atoms with Crippen molar-refractivity contribution in [1.29, 1.82) is 0 Å². The number of aromatic nitrogens is 3. The average Bonchev–Trinajstić information content (AvgIpc) is 3.33. The fraction of sp³-hybridized carbons (Fsp3) is 0.167. The highest BCUT2D eigenvalue weighted by Gasteiger charge is 2.14. The number of para-hydroxylation sites is 3. The second kappa shape index (κ2) is 11.4. The molecule has 2 heterocycles. The van der Waals surface area contributed by atoms with E-state index in [1.807, 2.05) is 66.7 Å². The first kappa shape index (κ1) is 24.1. The molecule has 5 rings (SSSR count). The quantitative estimate of drug-likeness (QED) is 0.288. The normalized spacial score (nSPS) is 10.8. The van der Waals surface area contributed by atoms with Crippen molar-refractivity contribution in [2.24, 2.45) is 0 Å². The molecule has 3 aromatic carbocycles. The first-order chi connectivity index (χ1) is 18.2. The molecule has 0 saturated carbocycles. The maximum atomic E-state index is 12.7. The summed E-state index contributed by atoms with van der Waals surface area (Å²) in [4.78, 5) is 21.5. The van der Waals surface area contributed by atoms with Gasteiger partial charge in [-0.2, -0.15) is 0 Å². The summed E-state index contributed by atoms with van der Waals surface area (Å²) in [5, 5.41) is 3.01. The van der Waals surface area contributed by atoms with Crippen molar-refractivity contribution in [3.05, 3.63) is 114 Å². The van der Waals surface area contributed by atoms with Gasteiger partial charge in [0, 0.05) is 37.5 Å². The lowest BCUT2D eigenvalue weighted by Crippen LogP contribution is -2.23. The van der Waals surface area contributed by atoms with Crippen molar-refractivity contribution >= 4 is 16.9 Å². The number of aryl methyl sites for hydroxylation is 1. The monoisotopic (exact) mass is 492 g/mol. The van der Waals surface area contributed by atoms with Crippen LogP contribution in [0.3, 0.4) is 0 Å². The molecule has 37 heavy (non-hydrogen) atoms. The summed E-state index contributed by atoms with van der Waals surface area (Å²) >= 11 is 0. The van der Waals surface area contributed by atoms with Crippen LogP contribution >= 0.6 is 0 Å². The van der Waals surface area contributed by atoms with E-state index in [4.69, 9.17) is 14.5 Å². The van der Waals surface area contributed by atoms with Crippen molar-refractivity contribution in [3.8, 4) is 17.2 Å². The molecule has 7 nitrogen and oxygen atoms in total. The van der Waals surface area contributed by atoms with E-state index in [9.17, 15) is 4.79 Å². The number of benzene rings is 3. The van der Waals surface area contributed by atoms with Crippen LogP contribution in [0.1, 0.15) is 23.4 Å². The number of rotatable bonds is 10. The van der Waals surface area contributed by atoms with E-state index >= 15 is 0 Å². The van der Waals surface area contributed by atoms with Gasteiger partial charge in [0.25, 0.3) is 0 Å². The number of hydrogen-bond donors (Lipinski definition) is 1. The summed E-state index contributed by atoms with van der Waals surface area (Å²) in [7, 11) is 1.61. The minimum atomic E-state index is -0.0383. The highest BCUT2D eigenvalue weighted by molar-refractivity contribution is 5.79. The number of fused-ring (bicyclic) bond motifs is 1. The molecular formula is C30H28N4O3. The highest BCUT2D eigenvalue weighted by atomic mass is 16.5. The van der Waals surface area contributed by atoms with E-state index in [0.29, 0.717) is 37.5 Å². The number of nitrogens with one attached hydrogen (secondary N) is 1. The van der Waals surface area contributed by atoms with Crippen LogP contribution in [0.15, 0.2) is 97.3 Å². The summed E-state index contributed by atoms with van der Waals surface area (Å²) in [6.45, 7) is 0.817. The van der Waals surface area contributed by atoms with Crippen LogP contribution in [0.2, 0.25) is 0 Å². The molecule has 0 unspecified atom stereocenters. The summed E-state index contributed by atoms with van der Waals surface area (Å²) in [6.07, 6.45) is 4.33. The van der Waals surface area contributed by atoms with Crippen molar-refractivity contribution in [1.82, 2.24) is 19.9 Å². The van der Waals surface area contributed by atoms with Gasteiger partial charge in [0.2, 0.25) is 5.91 Å². The zero-order chi connectivity index (χ0) is 25.5. The molecule has 0 aliphatic carbocycles. The Kier molecular flexibility index (Phi) is 7.41. The topological polar surface area (TPSA) is 78.3 Å². The average molecular weight is 493 g/mol. The van der Waals surface area contributed by atoms with E-state index in [-0.39, 0.29) is 5.91 Å². The molecule has 0 fully saturated rings. The molecule has 1 amide bonds. The standard InChI is InChI=1S/C30H28N4O3/c1-36-28-19-23(11-12-27(28)37-21-22-15-17-31-18-16-22)20-32-30(35)14-13-29-33-25-9-5-6-10-26(25)34(29)24-7-3-2-4-8-24/h2-12,15-19H,13-14,20-21H2,1H3,(H,32,35). The predicted octanol–water partition coefficient (Wildman–Crippen LogP) is 5.26. The maximum Gasteiger partial charge on any atom is 0.220 e. The van der Waals surface area contributed by atoms with Gasteiger partial charge in [-0.15, -0.1) is 0 Å². The molecule has 1 N–H and O–H groups in total. The van der Waals surface area contributed by atoms with E-state index in [0.717, 1.165) is 33.7 Å². The van der Waals surface area contributed by atoms with Gasteiger partial charge >= 0.3 is 0 Å². The first-order valence-corrected chi connectivity index (χ1v) is 12.2. The van der Waals surface area contributed by atoms with Crippen LogP contribution < -0.4 is 14.8 Å². The minimum absolute atomic E-state index is 0.0383. The van der Waals surface area contributed by atoms with Gasteiger partial charge in [0.1, 0.15) is 12.4 Å². The Balaban J connectivity index is 1.21. The number of ether oxygens (including phenoxy) is 2. The molecule has 0 atom stereocenters. The molecule has 0 aliphatic rings. The number of carbonyl (C=O) groups excluding carboxylic acids is 1. The van der Waals surface area contributed by atoms with Crippen LogP contribution in [-0.2, 0) is 24.4 Å². The Morgan fingerprint density at radius 2 is 1.68 bits per heavy atom. The molecule has 7 heteroatoms. The predicted molar refractivity (Wildman–Crippen MR) is 143 cm³/mol. The summed E-state index contributed by atoms with van der Waals surface area (Å²) in [5.74, 6) is 2.09. The van der Waals surface area contributed by atoms with E-state index in [1.54, 1.807) is 19.5 Å². The van der Waals surface area contributed by atoms with Crippen molar-refractivity contribution in [2.45, 2.75) is 26.0 Å². The zero-order valence-corrected chi connectivity index (χ0v) is 20.6. The molecule has 0 aliphatic heterocycles. The number of amides is 1. The van der Waals surface area contributed by atoms with E-state index in [1.165, 1.54) is 0 Å². The van der Waals surface area contributed by atoms with Gasteiger partial charge in [-0.25, -0.2) is 4.98 Å². The van der Waals surface area contributed by atoms with Crippen LogP contribution in [-0.4, -0.2) is 27.6 Å². The SMILES string of the molecule is COc1cc(CNC(=O)CCc2nc3ccccc3n2-c2ccccc2)ccc1OCc1ccncc1. The van der Waals surface area contributed by atoms with E-state index in [2.05, 4.69) is 33.1 Å². The third kappa shape index (κ3) is 5.78. The third-order valence-corrected chi connectivity index (χ3v) is 6.08. The minimum Gasteiger partial charge on any atom is -0.493 e. The fourth-order valence-electron chi connectivity index (χ4n) is 4.20. The molecule has 0 radical (unpaired) electrons. The van der Waals surface area contributed by atoms with Gasteiger partial charge in [0.05, 0.1) is 18.1 Å². The molecule has 0 spiro atoms. The van der Waals surface area contributed by atoms with Gasteiger partial charge in [-0.3, -0.25) is 14.3 Å². The number of pyridine rings is 1. The largest absolute Gasteiger partial charge is 0.493 e. The number of methoxy groups -OCH3 is 1. The molecule has 186 valence electrons. The lowest BCUT2D eigenvalue weighted by atomic mass is 10.2. The Bertz CT molecular complexity index is 1480. The third-order valence-electron chi connectivity index (χ3n) is 6.08. The Morgan fingerprint density at radius 1 is 0.892 bits per heavy atom. The van der Waals surface area contributed by atoms with E-state index < -0.39 is 0 Å². The van der Waals surface area contributed by atoms with Crippen LogP contribution in [0.5, 0.6) is 11.5 Å². The number of nitrogens with zero attached hydrogens (tertiary/aromatic N) is 3. The smallest absolute Gasteiger partial charge is 0.220 e. The van der Waals surface area contributed by atoms with Gasteiger partial charge in [0.15, 0.2) is 11.5 Å². The van der Waals surface area contributed by atoms with Crippen molar-refractivity contribution in [2.75, 3.05) is 7.11 Å². The van der Waals surface area contributed by atoms with Crippen LogP contribution in [0, 0.1) is 0 Å². The lowest BCUT2D eigenvalue weighted by Gasteiger charge is -2.13. The molecular weight excluding hydrogens is 464 g/mol. The Morgan fingerprint density at radius 3 is 2.49 bits per heavy atom. The van der Waals surface area contributed by atoms with Gasteiger partial charge < -0.3 is 14.8 Å². The summed E-state index contributed by atoms with van der Waals surface area (Å²) in [6, 6.07) is 27.6. The second-order valence-electron chi connectivity index (χ2n) is 8.59. The van der Waals surface area contributed by atoms with Crippen LogP contribution in [0.4, 0.5) is 0 Å². The van der Waals surface area contributed by atoms with Crippen LogP contribution in [0.25, 0.3) is 16.7 Å². The first-order valence-electron chi connectivity index (χ1n) is 12.2. The summed E-state index contributed by atoms with van der Waals surface area (Å²) in [5.41, 5.74) is 4.93. The van der Waals surface area contributed by atoms with Gasteiger partial charge in [-0.1, -0.05) is 36.4 Å². The molecule has 5 aromatic rings. The number of carbonyl (C=O) groups is 1. The number of hydrogen-bond acceptors (Lipinski definition) is 5. The van der Waals surface area contributed by atoms with Crippen molar-refractivity contribution < 1.29 is 14.3 Å². The Labute approximate surface area is 215 Å². The lowest BCUT2D eigenvalue weighted by molar-refractivity contribution is -0.121. The second-order valence-corrected chi connectivity index (χ2v) is 8.59. The number of imidazole rings is 1. The molecule has 0 saturated heterocycles. The molecule has 0 bridgehead atoms. The fourth-order valence-corrected chi connectivity index (χ4v) is 4.20.